The maximum absolute atomic E-state index is 8.88. The van der Waals surface area contributed by atoms with E-state index < -0.39 is 7.82 Å². The smallest absolute Gasteiger partial charge is 0.303 e. The van der Waals surface area contributed by atoms with Gasteiger partial charge in [0.1, 0.15) is 0 Å². The SMILES string of the molecule is C[S+]=O.O=P(O)(O)O. The topological polar surface area (TPSA) is 94.8 Å². The Kier molecular flexibility index (Phi) is 7.25. The summed E-state index contributed by atoms with van der Waals surface area (Å²) in [5.41, 5.74) is 0. The molecule has 0 amide bonds. The third-order valence-electron chi connectivity index (χ3n) is 0. The molecule has 5 nitrogen and oxygen atoms in total. The van der Waals surface area contributed by atoms with Crippen LogP contribution in [0.4, 0.5) is 0 Å². The van der Waals surface area contributed by atoms with Gasteiger partial charge in [0.2, 0.25) is 6.26 Å². The number of phosphoric acid groups is 1. The Morgan fingerprint density at radius 3 is 1.38 bits per heavy atom. The van der Waals surface area contributed by atoms with Crippen LogP contribution in [0, 0.1) is 0 Å². The zero-order chi connectivity index (χ0) is 7.21. The van der Waals surface area contributed by atoms with Crippen LogP contribution in [0.2, 0.25) is 0 Å². The molecule has 8 heavy (non-hydrogen) atoms. The lowest BCUT2D eigenvalue weighted by Crippen LogP contribution is -1.66. The molecule has 0 fully saturated rings. The summed E-state index contributed by atoms with van der Waals surface area (Å²) in [6.45, 7) is 0. The summed E-state index contributed by atoms with van der Waals surface area (Å²) in [6, 6.07) is 0. The standard InChI is InChI=1S/CH3OS.H3O4P/c1-3-2;1-5(2,3)4/h1H3;(H3,1,2,3,4)/q+1;. The van der Waals surface area contributed by atoms with Crippen molar-refractivity contribution in [3.05, 3.63) is 0 Å². The highest BCUT2D eigenvalue weighted by molar-refractivity contribution is 7.64. The second-order valence-electron chi connectivity index (χ2n) is 0.680. The fourth-order valence-electron chi connectivity index (χ4n) is 0. The zero-order valence-corrected chi connectivity index (χ0v) is 5.72. The molecule has 0 aliphatic rings. The Morgan fingerprint density at radius 2 is 1.38 bits per heavy atom. The number of hydrogen-bond donors (Lipinski definition) is 3. The fourth-order valence-corrected chi connectivity index (χ4v) is 0. The molecule has 0 heterocycles. The minimum absolute atomic E-state index is 0.500. The van der Waals surface area contributed by atoms with E-state index in [4.69, 9.17) is 23.5 Å². The van der Waals surface area contributed by atoms with Gasteiger partial charge in [0, 0.05) is 4.21 Å². The minimum Gasteiger partial charge on any atom is -0.303 e. The van der Waals surface area contributed by atoms with Crippen molar-refractivity contribution in [1.29, 1.82) is 0 Å². The summed E-state index contributed by atoms with van der Waals surface area (Å²) in [6.07, 6.45) is 1.49. The second-order valence-corrected chi connectivity index (χ2v) is 2.04. The van der Waals surface area contributed by atoms with Gasteiger partial charge in [-0.2, -0.15) is 0 Å². The van der Waals surface area contributed by atoms with Crippen LogP contribution < -0.4 is 0 Å². The Morgan fingerprint density at radius 1 is 1.38 bits per heavy atom. The molecule has 7 heteroatoms. The average molecular weight is 161 g/mol. The Labute approximate surface area is 50.1 Å². The summed E-state index contributed by atoms with van der Waals surface area (Å²) < 4.78 is 17.7. The molecule has 0 aliphatic carbocycles. The van der Waals surface area contributed by atoms with Gasteiger partial charge in [-0.15, -0.1) is 0 Å². The van der Waals surface area contributed by atoms with Gasteiger partial charge in [-0.3, -0.25) is 0 Å². The van der Waals surface area contributed by atoms with Gasteiger partial charge in [0.25, 0.3) is 0 Å². The van der Waals surface area contributed by atoms with Crippen molar-refractivity contribution in [2.75, 3.05) is 6.26 Å². The highest BCUT2D eigenvalue weighted by Gasteiger charge is 2.00. The molecule has 0 spiro atoms. The Balaban J connectivity index is 0. The minimum atomic E-state index is -4.64. The first-order chi connectivity index (χ1) is 3.41. The van der Waals surface area contributed by atoms with E-state index in [0.717, 1.165) is 0 Å². The molecule has 0 aromatic heterocycles. The molecular weight excluding hydrogens is 155 g/mol. The molecule has 0 bridgehead atoms. The van der Waals surface area contributed by atoms with Gasteiger partial charge in [0.05, 0.1) is 0 Å². The van der Waals surface area contributed by atoms with Gasteiger partial charge in [-0.25, -0.2) is 4.57 Å². The van der Waals surface area contributed by atoms with E-state index in [0.29, 0.717) is 11.7 Å². The van der Waals surface area contributed by atoms with Crippen LogP contribution >= 0.6 is 7.82 Å². The van der Waals surface area contributed by atoms with Crippen LogP contribution in [0.3, 0.4) is 0 Å². The highest BCUT2D eigenvalue weighted by atomic mass is 32.1. The van der Waals surface area contributed by atoms with Crippen molar-refractivity contribution in [1.82, 2.24) is 0 Å². The van der Waals surface area contributed by atoms with Crippen LogP contribution in [0.1, 0.15) is 0 Å². The quantitative estimate of drug-likeness (QED) is 0.316. The van der Waals surface area contributed by atoms with E-state index in [9.17, 15) is 0 Å². The zero-order valence-electron chi connectivity index (χ0n) is 4.01. The Bertz CT molecular complexity index is 86.3. The van der Waals surface area contributed by atoms with Crippen molar-refractivity contribution >= 4 is 19.5 Å². The van der Waals surface area contributed by atoms with E-state index in [1.165, 1.54) is 6.26 Å². The predicted molar refractivity (Wildman–Crippen MR) is 28.2 cm³/mol. The first kappa shape index (κ1) is 11.0. The Hall–Kier alpha value is 0.130. The molecule has 3 N–H and O–H groups in total. The van der Waals surface area contributed by atoms with E-state index in [1.54, 1.807) is 0 Å². The van der Waals surface area contributed by atoms with Gasteiger partial charge in [0.15, 0.2) is 0 Å². The third kappa shape index (κ3) is 9550. The van der Waals surface area contributed by atoms with Crippen LogP contribution in [0.15, 0.2) is 0 Å². The highest BCUT2D eigenvalue weighted by Crippen LogP contribution is 2.25. The van der Waals surface area contributed by atoms with E-state index in [-0.39, 0.29) is 0 Å². The van der Waals surface area contributed by atoms with Gasteiger partial charge < -0.3 is 14.7 Å². The number of hydrogen-bond acceptors (Lipinski definition) is 2. The van der Waals surface area contributed by atoms with Crippen LogP contribution in [-0.2, 0) is 20.4 Å². The van der Waals surface area contributed by atoms with Crippen LogP contribution in [0.25, 0.3) is 0 Å². The summed E-state index contributed by atoms with van der Waals surface area (Å²) in [5, 5.41) is 0. The number of rotatable bonds is 0. The lowest BCUT2D eigenvalue weighted by atomic mass is 12.0. The van der Waals surface area contributed by atoms with Gasteiger partial charge in [-0.05, 0) is 0 Å². The van der Waals surface area contributed by atoms with Gasteiger partial charge >= 0.3 is 19.5 Å². The van der Waals surface area contributed by atoms with E-state index in [1.807, 2.05) is 0 Å². The summed E-state index contributed by atoms with van der Waals surface area (Å²) >= 11 is 0.500. The predicted octanol–water partition coefficient (Wildman–Crippen LogP) is -0.884. The lowest BCUT2D eigenvalue weighted by molar-refractivity contribution is 0.275. The van der Waals surface area contributed by atoms with Crippen LogP contribution in [0.5, 0.6) is 0 Å². The fraction of sp³-hybridized carbons (Fsp3) is 1.00. The third-order valence-corrected chi connectivity index (χ3v) is 0. The average Bonchev–Trinajstić information content (AvgIpc) is 1.27. The van der Waals surface area contributed by atoms with Crippen molar-refractivity contribution in [2.24, 2.45) is 0 Å². The maximum atomic E-state index is 8.88. The molecule has 0 rings (SSSR count). The molecule has 0 radical (unpaired) electrons. The molecule has 0 atom stereocenters. The summed E-state index contributed by atoms with van der Waals surface area (Å²) in [5.74, 6) is 0. The first-order valence-corrected chi connectivity index (χ1v) is 4.07. The van der Waals surface area contributed by atoms with Gasteiger partial charge in [-0.1, -0.05) is 0 Å². The lowest BCUT2D eigenvalue weighted by Gasteiger charge is -1.82. The molecule has 0 saturated heterocycles. The van der Waals surface area contributed by atoms with E-state index in [2.05, 4.69) is 0 Å². The maximum Gasteiger partial charge on any atom is 0.466 e. The monoisotopic (exact) mass is 161 g/mol. The van der Waals surface area contributed by atoms with Crippen molar-refractivity contribution in [3.63, 3.8) is 0 Å². The molecule has 0 aromatic rings. The molecule has 0 unspecified atom stereocenters. The van der Waals surface area contributed by atoms with Crippen molar-refractivity contribution in [3.8, 4) is 0 Å². The first-order valence-electron chi connectivity index (χ1n) is 1.36. The molecule has 0 aliphatic heterocycles. The summed E-state index contributed by atoms with van der Waals surface area (Å²) in [7, 11) is -4.64. The van der Waals surface area contributed by atoms with E-state index >= 15 is 0 Å². The molecule has 50 valence electrons. The largest absolute Gasteiger partial charge is 0.466 e. The second kappa shape index (κ2) is 5.27. The molecular formula is CH6O5PS+. The molecule has 0 aromatic carbocycles. The molecule has 0 saturated carbocycles. The van der Waals surface area contributed by atoms with Crippen molar-refractivity contribution in [2.45, 2.75) is 0 Å². The van der Waals surface area contributed by atoms with Crippen LogP contribution in [-0.4, -0.2) is 20.9 Å². The summed E-state index contributed by atoms with van der Waals surface area (Å²) in [4.78, 5) is 21.6. The van der Waals surface area contributed by atoms with Crippen molar-refractivity contribution < 1.29 is 23.5 Å². The normalized spacial score (nSPS) is 9.00.